The second-order valence-electron chi connectivity index (χ2n) is 7.04. The molecule has 0 radical (unpaired) electrons. The van der Waals surface area contributed by atoms with Gasteiger partial charge in [-0.2, -0.15) is 4.31 Å². The van der Waals surface area contributed by atoms with Gasteiger partial charge >= 0.3 is 0 Å². The van der Waals surface area contributed by atoms with Crippen molar-refractivity contribution in [3.63, 3.8) is 0 Å². The minimum Gasteiger partial charge on any atom is -0.482 e. The highest BCUT2D eigenvalue weighted by Crippen LogP contribution is 2.29. The lowest BCUT2D eigenvalue weighted by Gasteiger charge is -2.35. The number of likely N-dealkylation sites (tertiary alicyclic amines) is 1. The summed E-state index contributed by atoms with van der Waals surface area (Å²) in [7, 11) is -3.62. The van der Waals surface area contributed by atoms with E-state index in [4.69, 9.17) is 21.1 Å². The van der Waals surface area contributed by atoms with Gasteiger partial charge in [0, 0.05) is 25.7 Å². The van der Waals surface area contributed by atoms with Crippen LogP contribution < -0.4 is 4.74 Å². The van der Waals surface area contributed by atoms with E-state index in [1.165, 1.54) is 22.5 Å². The molecule has 0 unspecified atom stereocenters. The number of nitrogens with zero attached hydrogens (tertiary/aromatic N) is 2. The van der Waals surface area contributed by atoms with Gasteiger partial charge in [0.15, 0.2) is 6.61 Å². The van der Waals surface area contributed by atoms with E-state index in [9.17, 15) is 13.2 Å². The van der Waals surface area contributed by atoms with Crippen LogP contribution in [0.15, 0.2) is 23.1 Å². The van der Waals surface area contributed by atoms with E-state index in [-0.39, 0.29) is 28.5 Å². The Morgan fingerprint density at radius 2 is 2.00 bits per heavy atom. The van der Waals surface area contributed by atoms with Gasteiger partial charge < -0.3 is 14.4 Å². The van der Waals surface area contributed by atoms with Crippen LogP contribution in [0.5, 0.6) is 5.75 Å². The Balaban J connectivity index is 1.65. The molecule has 1 atom stereocenters. The molecule has 7 nitrogen and oxygen atoms in total. The lowest BCUT2D eigenvalue weighted by molar-refractivity contribution is -0.137. The number of piperidine rings is 1. The Labute approximate surface area is 171 Å². The van der Waals surface area contributed by atoms with Crippen molar-refractivity contribution in [2.75, 3.05) is 39.5 Å². The Hall–Kier alpha value is -1.35. The summed E-state index contributed by atoms with van der Waals surface area (Å²) < 4.78 is 37.6. The summed E-state index contributed by atoms with van der Waals surface area (Å²) in [6.07, 6.45) is 4.11. The molecule has 28 heavy (non-hydrogen) atoms. The second kappa shape index (κ2) is 9.43. The number of amides is 1. The first-order valence-corrected chi connectivity index (χ1v) is 11.5. The predicted octanol–water partition coefficient (Wildman–Crippen LogP) is 2.53. The van der Waals surface area contributed by atoms with Crippen LogP contribution in [0.25, 0.3) is 0 Å². The largest absolute Gasteiger partial charge is 0.482 e. The van der Waals surface area contributed by atoms with E-state index >= 15 is 0 Å². The fourth-order valence-electron chi connectivity index (χ4n) is 3.67. The van der Waals surface area contributed by atoms with Crippen LogP contribution in [0.1, 0.15) is 32.6 Å². The summed E-state index contributed by atoms with van der Waals surface area (Å²) >= 11 is 6.24. The summed E-state index contributed by atoms with van der Waals surface area (Å²) in [6, 6.07) is 4.62. The number of hydrogen-bond donors (Lipinski definition) is 0. The molecule has 0 bridgehead atoms. The zero-order valence-corrected chi connectivity index (χ0v) is 17.7. The van der Waals surface area contributed by atoms with Gasteiger partial charge in [0.05, 0.1) is 23.1 Å². The van der Waals surface area contributed by atoms with Crippen molar-refractivity contribution in [2.24, 2.45) is 0 Å². The van der Waals surface area contributed by atoms with Gasteiger partial charge in [-0.3, -0.25) is 4.79 Å². The first-order chi connectivity index (χ1) is 13.4. The highest BCUT2D eigenvalue weighted by Gasteiger charge is 2.28. The van der Waals surface area contributed by atoms with Crippen LogP contribution in [-0.4, -0.2) is 69.0 Å². The van der Waals surface area contributed by atoms with Crippen LogP contribution in [0.2, 0.25) is 5.02 Å². The van der Waals surface area contributed by atoms with E-state index in [1.54, 1.807) is 0 Å². The smallest absolute Gasteiger partial charge is 0.260 e. The molecular formula is C19H27ClN2O5S. The quantitative estimate of drug-likeness (QED) is 0.693. The van der Waals surface area contributed by atoms with Gasteiger partial charge in [-0.05, 0) is 43.9 Å². The summed E-state index contributed by atoms with van der Waals surface area (Å²) in [6.45, 7) is 4.14. The van der Waals surface area contributed by atoms with E-state index < -0.39 is 10.0 Å². The molecule has 3 rings (SSSR count). The lowest BCUT2D eigenvalue weighted by atomic mass is 10.00. The zero-order valence-electron chi connectivity index (χ0n) is 16.1. The third-order valence-electron chi connectivity index (χ3n) is 5.28. The molecule has 1 amide bonds. The van der Waals surface area contributed by atoms with E-state index in [0.717, 1.165) is 32.2 Å². The Morgan fingerprint density at radius 1 is 1.25 bits per heavy atom. The Kier molecular flexibility index (Phi) is 7.20. The third kappa shape index (κ3) is 4.79. The van der Waals surface area contributed by atoms with Crippen LogP contribution in [0.3, 0.4) is 0 Å². The van der Waals surface area contributed by atoms with E-state index in [1.807, 2.05) is 4.90 Å². The molecule has 1 aromatic rings. The van der Waals surface area contributed by atoms with E-state index in [0.29, 0.717) is 32.1 Å². The van der Waals surface area contributed by atoms with Gasteiger partial charge in [0.1, 0.15) is 5.75 Å². The normalized spacial score (nSPS) is 21.5. The molecule has 2 aliphatic heterocycles. The topological polar surface area (TPSA) is 76.2 Å². The fourth-order valence-corrected chi connectivity index (χ4v) is 5.41. The molecule has 0 saturated carbocycles. The van der Waals surface area contributed by atoms with Crippen molar-refractivity contribution in [3.05, 3.63) is 23.2 Å². The van der Waals surface area contributed by atoms with Crippen molar-refractivity contribution in [1.29, 1.82) is 0 Å². The maximum atomic E-state index is 12.7. The zero-order chi connectivity index (χ0) is 20.1. The fraction of sp³-hybridized carbons (Fsp3) is 0.632. The number of morpholine rings is 1. The van der Waals surface area contributed by atoms with Gasteiger partial charge in [0.25, 0.3) is 5.91 Å². The van der Waals surface area contributed by atoms with Crippen LogP contribution in [0.4, 0.5) is 0 Å². The number of carbonyl (C=O) groups excluding carboxylic acids is 1. The summed E-state index contributed by atoms with van der Waals surface area (Å²) in [4.78, 5) is 14.5. The highest BCUT2D eigenvalue weighted by molar-refractivity contribution is 7.89. The van der Waals surface area contributed by atoms with Crippen molar-refractivity contribution in [3.8, 4) is 5.75 Å². The third-order valence-corrected chi connectivity index (χ3v) is 7.47. The average Bonchev–Trinajstić information content (AvgIpc) is 2.73. The van der Waals surface area contributed by atoms with Gasteiger partial charge in [-0.1, -0.05) is 18.5 Å². The summed E-state index contributed by atoms with van der Waals surface area (Å²) in [5.41, 5.74) is 0. The molecule has 0 aliphatic carbocycles. The lowest BCUT2D eigenvalue weighted by Crippen LogP contribution is -2.45. The number of halogens is 1. The maximum absolute atomic E-state index is 12.7. The summed E-state index contributed by atoms with van der Waals surface area (Å²) in [5, 5.41) is 0.174. The molecule has 0 spiro atoms. The van der Waals surface area contributed by atoms with Gasteiger partial charge in [0.2, 0.25) is 10.0 Å². The second-order valence-corrected chi connectivity index (χ2v) is 9.39. The van der Waals surface area contributed by atoms with Crippen molar-refractivity contribution in [2.45, 2.75) is 43.5 Å². The molecule has 2 saturated heterocycles. The molecule has 156 valence electrons. The first kappa shape index (κ1) is 21.4. The number of ether oxygens (including phenoxy) is 2. The standard InChI is InChI=1S/C19H27ClN2O5S/c1-2-15-5-3-4-8-22(15)19(23)14-27-18-7-6-16(13-17(18)20)28(24,25)21-9-11-26-12-10-21/h6-7,13,15H,2-5,8-12,14H2,1H3/t15-/m0/s1. The van der Waals surface area contributed by atoms with Crippen LogP contribution in [0, 0.1) is 0 Å². The molecule has 2 aliphatic rings. The molecule has 2 fully saturated rings. The van der Waals surface area contributed by atoms with Crippen molar-refractivity contribution >= 4 is 27.5 Å². The Bertz CT molecular complexity index is 796. The van der Waals surface area contributed by atoms with Crippen molar-refractivity contribution < 1.29 is 22.7 Å². The molecule has 9 heteroatoms. The molecular weight excluding hydrogens is 404 g/mol. The van der Waals surface area contributed by atoms with E-state index in [2.05, 4.69) is 6.92 Å². The molecule has 2 heterocycles. The predicted molar refractivity (Wildman–Crippen MR) is 106 cm³/mol. The molecule has 1 aromatic carbocycles. The minimum atomic E-state index is -3.62. The van der Waals surface area contributed by atoms with Crippen LogP contribution in [-0.2, 0) is 19.6 Å². The van der Waals surface area contributed by atoms with Crippen molar-refractivity contribution in [1.82, 2.24) is 9.21 Å². The Morgan fingerprint density at radius 3 is 2.68 bits per heavy atom. The van der Waals surface area contributed by atoms with Gasteiger partial charge in [-0.25, -0.2) is 8.42 Å². The SMILES string of the molecule is CC[C@H]1CCCCN1C(=O)COc1ccc(S(=O)(=O)N2CCOCC2)cc1Cl. The number of hydrogen-bond acceptors (Lipinski definition) is 5. The first-order valence-electron chi connectivity index (χ1n) is 9.73. The van der Waals surface area contributed by atoms with Crippen LogP contribution >= 0.6 is 11.6 Å². The summed E-state index contributed by atoms with van der Waals surface area (Å²) in [5.74, 6) is 0.244. The minimum absolute atomic E-state index is 0.0624. The molecule has 0 aromatic heterocycles. The number of carbonyl (C=O) groups is 1. The maximum Gasteiger partial charge on any atom is 0.260 e. The van der Waals surface area contributed by atoms with Gasteiger partial charge in [-0.15, -0.1) is 0 Å². The number of rotatable bonds is 6. The average molecular weight is 431 g/mol. The number of sulfonamides is 1. The monoisotopic (exact) mass is 430 g/mol. The number of benzene rings is 1. The molecule has 0 N–H and O–H groups in total. The highest BCUT2D eigenvalue weighted by atomic mass is 35.5.